The molecular formula is C7H11N4+. The number of benzene rings is 1. The van der Waals surface area contributed by atoms with Crippen LogP contribution in [0.1, 0.15) is 5.56 Å². The van der Waals surface area contributed by atoms with Crippen LogP contribution < -0.4 is 22.4 Å². The van der Waals surface area contributed by atoms with Crippen molar-refractivity contribution >= 4 is 17.6 Å². The van der Waals surface area contributed by atoms with Crippen molar-refractivity contribution < 1.29 is 5.41 Å². The smallest absolute Gasteiger partial charge is 0.169 e. The minimum Gasteiger partial charge on any atom is -0.399 e. The van der Waals surface area contributed by atoms with Gasteiger partial charge in [-0.05, 0) is 18.2 Å². The summed E-state index contributed by atoms with van der Waals surface area (Å²) in [5, 5.41) is 5.31. The van der Waals surface area contributed by atoms with E-state index in [1.807, 2.05) is 0 Å². The Morgan fingerprint density at radius 3 is 2.73 bits per heavy atom. The van der Waals surface area contributed by atoms with E-state index in [2.05, 4.69) is 5.43 Å². The van der Waals surface area contributed by atoms with Crippen molar-refractivity contribution in [1.29, 1.82) is 0 Å². The van der Waals surface area contributed by atoms with Gasteiger partial charge in [0.05, 0.1) is 11.3 Å². The molecule has 0 bridgehead atoms. The predicted octanol–water partition coefficient (Wildman–Crippen LogP) is -1.27. The monoisotopic (exact) mass is 151 g/mol. The molecular weight excluding hydrogens is 140 g/mol. The largest absolute Gasteiger partial charge is 0.399 e. The average Bonchev–Trinajstić information content (AvgIpc) is 2.04. The molecule has 0 radical (unpaired) electrons. The fourth-order valence-corrected chi connectivity index (χ4v) is 0.844. The molecule has 0 saturated carbocycles. The first-order valence-electron chi connectivity index (χ1n) is 3.19. The topological polar surface area (TPSA) is 89.7 Å². The lowest BCUT2D eigenvalue weighted by Gasteiger charge is -2.02. The molecule has 1 aromatic carbocycles. The average molecular weight is 151 g/mol. The van der Waals surface area contributed by atoms with E-state index in [0.717, 1.165) is 11.3 Å². The molecule has 11 heavy (non-hydrogen) atoms. The maximum atomic E-state index is 5.51. The van der Waals surface area contributed by atoms with E-state index in [1.54, 1.807) is 18.2 Å². The molecule has 0 aliphatic heterocycles. The molecule has 58 valence electrons. The lowest BCUT2D eigenvalue weighted by atomic mass is 10.2. The zero-order valence-electron chi connectivity index (χ0n) is 6.04. The van der Waals surface area contributed by atoms with Crippen molar-refractivity contribution in [1.82, 2.24) is 0 Å². The molecule has 0 fully saturated rings. The van der Waals surface area contributed by atoms with Gasteiger partial charge in [-0.15, -0.1) is 0 Å². The molecule has 0 aliphatic rings. The summed E-state index contributed by atoms with van der Waals surface area (Å²) in [6, 6.07) is 5.28. The van der Waals surface area contributed by atoms with E-state index in [-0.39, 0.29) is 0 Å². The van der Waals surface area contributed by atoms with Crippen molar-refractivity contribution in [3.63, 3.8) is 0 Å². The Kier molecular flexibility index (Phi) is 2.08. The normalized spacial score (nSPS) is 9.18. The number of hydrazine groups is 1. The van der Waals surface area contributed by atoms with Gasteiger partial charge in [-0.25, -0.2) is 0 Å². The van der Waals surface area contributed by atoms with Gasteiger partial charge in [-0.2, -0.15) is 0 Å². The van der Waals surface area contributed by atoms with Gasteiger partial charge in [-0.1, -0.05) is 0 Å². The number of anilines is 2. The minimum absolute atomic E-state index is 0.656. The summed E-state index contributed by atoms with van der Waals surface area (Å²) in [5.74, 6) is 5.21. The van der Waals surface area contributed by atoms with Gasteiger partial charge in [0.15, 0.2) is 6.21 Å². The molecule has 4 nitrogen and oxygen atoms in total. The van der Waals surface area contributed by atoms with Crippen LogP contribution in [0.3, 0.4) is 0 Å². The summed E-state index contributed by atoms with van der Waals surface area (Å²) in [6.07, 6.45) is 1.47. The van der Waals surface area contributed by atoms with Crippen molar-refractivity contribution in [2.24, 2.45) is 5.84 Å². The number of nitrogen functional groups attached to an aromatic ring is 2. The summed E-state index contributed by atoms with van der Waals surface area (Å²) < 4.78 is 0. The highest BCUT2D eigenvalue weighted by Crippen LogP contribution is 2.15. The zero-order chi connectivity index (χ0) is 8.27. The van der Waals surface area contributed by atoms with E-state index in [1.165, 1.54) is 6.21 Å². The lowest BCUT2D eigenvalue weighted by molar-refractivity contribution is -0.104. The van der Waals surface area contributed by atoms with E-state index in [0.29, 0.717) is 5.69 Å². The van der Waals surface area contributed by atoms with Gasteiger partial charge in [0.2, 0.25) is 0 Å². The molecule has 0 heterocycles. The zero-order valence-corrected chi connectivity index (χ0v) is 6.04. The maximum absolute atomic E-state index is 5.51. The predicted molar refractivity (Wildman–Crippen MR) is 45.8 cm³/mol. The lowest BCUT2D eigenvalue weighted by Crippen LogP contribution is -2.30. The second kappa shape index (κ2) is 3.03. The number of hydrogen-bond donors (Lipinski definition) is 4. The SMILES string of the molecule is NNc1cc(N)ccc1C=[NH2+]. The molecule has 1 rings (SSSR count). The molecule has 4 heteroatoms. The molecule has 0 atom stereocenters. The molecule has 0 aromatic heterocycles. The fourth-order valence-electron chi connectivity index (χ4n) is 0.844. The third-order valence-corrected chi connectivity index (χ3v) is 1.41. The van der Waals surface area contributed by atoms with Crippen LogP contribution in [0.25, 0.3) is 0 Å². The molecule has 0 spiro atoms. The summed E-state index contributed by atoms with van der Waals surface area (Å²) in [6.45, 7) is 0. The number of nitrogens with one attached hydrogen (secondary N) is 1. The molecule has 7 N–H and O–H groups in total. The summed E-state index contributed by atoms with van der Waals surface area (Å²) in [4.78, 5) is 0. The Morgan fingerprint density at radius 1 is 1.45 bits per heavy atom. The highest BCUT2D eigenvalue weighted by atomic mass is 15.2. The van der Waals surface area contributed by atoms with E-state index in [9.17, 15) is 0 Å². The van der Waals surface area contributed by atoms with Gasteiger partial charge >= 0.3 is 0 Å². The number of nitrogens with two attached hydrogens (primary N) is 3. The highest BCUT2D eigenvalue weighted by molar-refractivity contribution is 5.85. The van der Waals surface area contributed by atoms with Crippen LogP contribution in [0.2, 0.25) is 0 Å². The van der Waals surface area contributed by atoms with Crippen LogP contribution in [-0.4, -0.2) is 6.21 Å². The first kappa shape index (κ1) is 7.56. The van der Waals surface area contributed by atoms with Crippen molar-refractivity contribution in [2.75, 3.05) is 11.2 Å². The van der Waals surface area contributed by atoms with Gasteiger partial charge in [0.25, 0.3) is 0 Å². The summed E-state index contributed by atoms with van der Waals surface area (Å²) in [5.41, 5.74) is 10.2. The third kappa shape index (κ3) is 1.47. The van der Waals surface area contributed by atoms with Gasteiger partial charge < -0.3 is 11.2 Å². The molecule has 1 aromatic rings. The maximum Gasteiger partial charge on any atom is 0.169 e. The third-order valence-electron chi connectivity index (χ3n) is 1.41. The number of rotatable bonds is 2. The van der Waals surface area contributed by atoms with Crippen molar-refractivity contribution in [3.05, 3.63) is 23.8 Å². The van der Waals surface area contributed by atoms with Gasteiger partial charge in [0.1, 0.15) is 0 Å². The Morgan fingerprint density at radius 2 is 2.18 bits per heavy atom. The van der Waals surface area contributed by atoms with Crippen LogP contribution in [0.4, 0.5) is 11.4 Å². The Bertz CT molecular complexity index is 269. The second-order valence-electron chi connectivity index (χ2n) is 2.16. The fraction of sp³-hybridized carbons (Fsp3) is 0. The van der Waals surface area contributed by atoms with Crippen LogP contribution in [0, 0.1) is 0 Å². The standard InChI is InChI=1S/C7H10N4/c8-4-5-1-2-6(9)3-7(5)11-10/h1-4,8,11H,9-10H2/p+1. The first-order valence-corrected chi connectivity index (χ1v) is 3.19. The van der Waals surface area contributed by atoms with Gasteiger partial charge in [-0.3, -0.25) is 11.3 Å². The van der Waals surface area contributed by atoms with E-state index < -0.39 is 0 Å². The van der Waals surface area contributed by atoms with Crippen LogP contribution in [0.15, 0.2) is 18.2 Å². The molecule has 0 amide bonds. The van der Waals surface area contributed by atoms with E-state index >= 15 is 0 Å². The molecule has 0 saturated heterocycles. The van der Waals surface area contributed by atoms with Crippen LogP contribution >= 0.6 is 0 Å². The summed E-state index contributed by atoms with van der Waals surface area (Å²) >= 11 is 0. The quantitative estimate of drug-likeness (QED) is 0.184. The highest BCUT2D eigenvalue weighted by Gasteiger charge is 1.99. The Labute approximate surface area is 64.7 Å². The van der Waals surface area contributed by atoms with Crippen LogP contribution in [0.5, 0.6) is 0 Å². The van der Waals surface area contributed by atoms with Crippen molar-refractivity contribution in [3.8, 4) is 0 Å². The van der Waals surface area contributed by atoms with Crippen molar-refractivity contribution in [2.45, 2.75) is 0 Å². The molecule has 0 aliphatic carbocycles. The molecule has 0 unspecified atom stereocenters. The summed E-state index contributed by atoms with van der Waals surface area (Å²) in [7, 11) is 0. The van der Waals surface area contributed by atoms with Gasteiger partial charge in [0, 0.05) is 5.69 Å². The second-order valence-corrected chi connectivity index (χ2v) is 2.16. The first-order chi connectivity index (χ1) is 5.27. The Hall–Kier alpha value is -1.55. The van der Waals surface area contributed by atoms with Crippen LogP contribution in [-0.2, 0) is 0 Å². The van der Waals surface area contributed by atoms with E-state index in [4.69, 9.17) is 17.0 Å². The minimum atomic E-state index is 0.656. The number of hydrogen-bond acceptors (Lipinski definition) is 3. The Balaban J connectivity index is 3.16.